The van der Waals surface area contributed by atoms with Gasteiger partial charge >= 0.3 is 6.18 Å². The maximum Gasteiger partial charge on any atom is 0.399 e. The number of pyridine rings is 1. The first kappa shape index (κ1) is 26.0. The quantitative estimate of drug-likeness (QED) is 0.261. The van der Waals surface area contributed by atoms with Gasteiger partial charge in [0.15, 0.2) is 5.82 Å². The largest absolute Gasteiger partial charge is 0.399 e. The van der Waals surface area contributed by atoms with E-state index in [4.69, 9.17) is 34.8 Å². The highest BCUT2D eigenvalue weighted by Crippen LogP contribution is 2.39. The van der Waals surface area contributed by atoms with Gasteiger partial charge in [0.1, 0.15) is 0 Å². The van der Waals surface area contributed by atoms with E-state index in [2.05, 4.69) is 10.3 Å². The number of carbonyl (C=O) groups is 1. The molecule has 0 aliphatic heterocycles. The van der Waals surface area contributed by atoms with E-state index in [9.17, 15) is 22.4 Å². The molecule has 1 aromatic heterocycles. The number of alkyl halides is 3. The van der Waals surface area contributed by atoms with Gasteiger partial charge in [0.05, 0.1) is 33.2 Å². The fraction of sp³-hybridized carbons (Fsp3) is 0.167. The maximum atomic E-state index is 13.7. The van der Waals surface area contributed by atoms with Gasteiger partial charge in [-0.25, -0.2) is 4.39 Å². The van der Waals surface area contributed by atoms with Crippen molar-refractivity contribution in [2.45, 2.75) is 25.6 Å². The zero-order valence-corrected chi connectivity index (χ0v) is 19.8. The van der Waals surface area contributed by atoms with Crippen molar-refractivity contribution >= 4 is 46.8 Å². The first-order valence-corrected chi connectivity index (χ1v) is 11.0. The fourth-order valence-corrected chi connectivity index (χ4v) is 3.81. The molecule has 10 heteroatoms. The third-order valence-corrected chi connectivity index (χ3v) is 5.69. The third kappa shape index (κ3) is 6.50. The smallest absolute Gasteiger partial charge is 0.346 e. The number of nitrogens with zero attached hydrogens (tertiary/aromatic N) is 1. The number of amides is 1. The molecular formula is C24H17Cl3F4N2O. The van der Waals surface area contributed by atoms with E-state index in [1.54, 1.807) is 25.1 Å². The second-order valence-corrected chi connectivity index (χ2v) is 8.65. The lowest BCUT2D eigenvalue weighted by Gasteiger charge is -2.18. The molecule has 1 heterocycles. The second kappa shape index (κ2) is 10.8. The minimum absolute atomic E-state index is 0.188. The van der Waals surface area contributed by atoms with Crippen molar-refractivity contribution < 1.29 is 22.4 Å². The van der Waals surface area contributed by atoms with Crippen LogP contribution in [-0.4, -0.2) is 17.1 Å². The monoisotopic (exact) mass is 530 g/mol. The van der Waals surface area contributed by atoms with Crippen LogP contribution in [0, 0.1) is 12.7 Å². The zero-order chi connectivity index (χ0) is 25.0. The fourth-order valence-electron chi connectivity index (χ4n) is 3.19. The number of hydrogen-bond acceptors (Lipinski definition) is 2. The van der Waals surface area contributed by atoms with Crippen molar-refractivity contribution in [1.82, 2.24) is 10.3 Å². The molecule has 2 aromatic carbocycles. The molecule has 1 N–H and O–H groups in total. The van der Waals surface area contributed by atoms with Gasteiger partial charge in [-0.05, 0) is 53.9 Å². The average Bonchev–Trinajstić information content (AvgIpc) is 2.76. The van der Waals surface area contributed by atoms with Gasteiger partial charge < -0.3 is 5.32 Å². The topological polar surface area (TPSA) is 42.0 Å². The lowest BCUT2D eigenvalue weighted by atomic mass is 9.96. The van der Waals surface area contributed by atoms with Crippen LogP contribution in [0.25, 0.3) is 6.08 Å². The number of benzene rings is 2. The number of carbonyl (C=O) groups excluding carboxylic acids is 1. The summed E-state index contributed by atoms with van der Waals surface area (Å²) >= 11 is 17.1. The molecule has 3 nitrogen and oxygen atoms in total. The highest BCUT2D eigenvalue weighted by atomic mass is 35.5. The Morgan fingerprint density at radius 3 is 2.32 bits per heavy atom. The summed E-state index contributed by atoms with van der Waals surface area (Å²) in [6.07, 6.45) is -0.987. The Morgan fingerprint density at radius 2 is 1.76 bits per heavy atom. The second-order valence-electron chi connectivity index (χ2n) is 7.40. The Balaban J connectivity index is 1.77. The standard InChI is InChI=1S/C24H17Cl3F4N2O/c1-13-8-14(2-6-18(13)23(34)33-12-17-5-4-16(25)11-32-17)3-7-19(24(29,30)31)15-9-20(26)22(28)21(27)10-15/h2-11,19H,12H2,1H3,(H,33,34). The zero-order valence-electron chi connectivity index (χ0n) is 17.6. The number of aromatic nitrogens is 1. The van der Waals surface area contributed by atoms with Gasteiger partial charge in [-0.3, -0.25) is 9.78 Å². The molecule has 0 saturated carbocycles. The highest BCUT2D eigenvalue weighted by Gasteiger charge is 2.39. The van der Waals surface area contributed by atoms with Crippen LogP contribution in [0.5, 0.6) is 0 Å². The molecule has 0 aliphatic carbocycles. The molecule has 0 aliphatic rings. The molecule has 0 fully saturated rings. The molecule has 0 bridgehead atoms. The predicted octanol–water partition coefficient (Wildman–Crippen LogP) is 7.78. The molecule has 1 atom stereocenters. The van der Waals surface area contributed by atoms with E-state index in [0.29, 0.717) is 27.4 Å². The van der Waals surface area contributed by atoms with E-state index >= 15 is 0 Å². The lowest BCUT2D eigenvalue weighted by Crippen LogP contribution is -2.24. The Kier molecular flexibility index (Phi) is 8.23. The lowest BCUT2D eigenvalue weighted by molar-refractivity contribution is -0.139. The number of hydrogen-bond donors (Lipinski definition) is 1. The molecule has 178 valence electrons. The predicted molar refractivity (Wildman–Crippen MR) is 126 cm³/mol. The minimum atomic E-state index is -4.66. The van der Waals surface area contributed by atoms with Crippen molar-refractivity contribution in [3.05, 3.63) is 104 Å². The average molecular weight is 532 g/mol. The Hall–Kier alpha value is -2.61. The highest BCUT2D eigenvalue weighted by molar-refractivity contribution is 6.35. The van der Waals surface area contributed by atoms with Crippen molar-refractivity contribution in [1.29, 1.82) is 0 Å². The first-order valence-electron chi connectivity index (χ1n) is 9.84. The van der Waals surface area contributed by atoms with Gasteiger partial charge in [0, 0.05) is 11.8 Å². The minimum Gasteiger partial charge on any atom is -0.346 e. The van der Waals surface area contributed by atoms with Crippen molar-refractivity contribution in [2.24, 2.45) is 0 Å². The molecule has 1 amide bonds. The molecule has 3 aromatic rings. The summed E-state index contributed by atoms with van der Waals surface area (Å²) in [6.45, 7) is 1.86. The summed E-state index contributed by atoms with van der Waals surface area (Å²) in [4.78, 5) is 16.6. The Labute approximate surface area is 208 Å². The molecule has 3 rings (SSSR count). The first-order chi connectivity index (χ1) is 16.0. The number of aryl methyl sites for hydroxylation is 1. The van der Waals surface area contributed by atoms with Crippen LogP contribution in [0.15, 0.2) is 54.7 Å². The van der Waals surface area contributed by atoms with Crippen LogP contribution >= 0.6 is 34.8 Å². The van der Waals surface area contributed by atoms with E-state index in [0.717, 1.165) is 18.2 Å². The summed E-state index contributed by atoms with van der Waals surface area (Å²) in [5.41, 5.74) is 1.72. The summed E-state index contributed by atoms with van der Waals surface area (Å²) in [7, 11) is 0. The van der Waals surface area contributed by atoms with E-state index in [-0.39, 0.29) is 18.0 Å². The number of nitrogens with one attached hydrogen (secondary N) is 1. The number of halogens is 7. The van der Waals surface area contributed by atoms with Crippen molar-refractivity contribution in [3.8, 4) is 0 Å². The van der Waals surface area contributed by atoms with Crippen LogP contribution in [0.3, 0.4) is 0 Å². The molecule has 34 heavy (non-hydrogen) atoms. The SMILES string of the molecule is Cc1cc(C=CC(c2cc(Cl)c(F)c(Cl)c2)C(F)(F)F)ccc1C(=O)NCc1ccc(Cl)cn1. The van der Waals surface area contributed by atoms with Gasteiger partial charge in [0.25, 0.3) is 5.91 Å². The van der Waals surface area contributed by atoms with Crippen molar-refractivity contribution in [3.63, 3.8) is 0 Å². The molecule has 0 saturated heterocycles. The Bertz CT molecular complexity index is 1200. The maximum absolute atomic E-state index is 13.7. The molecule has 0 spiro atoms. The third-order valence-electron chi connectivity index (χ3n) is 4.91. The molecular weight excluding hydrogens is 515 g/mol. The van der Waals surface area contributed by atoms with Crippen LogP contribution in [0.2, 0.25) is 15.1 Å². The van der Waals surface area contributed by atoms with Gasteiger partial charge in [-0.2, -0.15) is 13.2 Å². The van der Waals surface area contributed by atoms with Crippen LogP contribution in [0.4, 0.5) is 17.6 Å². The van der Waals surface area contributed by atoms with E-state index in [1.165, 1.54) is 24.4 Å². The van der Waals surface area contributed by atoms with Crippen molar-refractivity contribution in [2.75, 3.05) is 0 Å². The van der Waals surface area contributed by atoms with Crippen LogP contribution in [-0.2, 0) is 6.54 Å². The molecule has 0 radical (unpaired) electrons. The summed E-state index contributed by atoms with van der Waals surface area (Å²) in [5, 5.41) is 2.22. The van der Waals surface area contributed by atoms with Gasteiger partial charge in [-0.1, -0.05) is 59.1 Å². The summed E-state index contributed by atoms with van der Waals surface area (Å²) in [6, 6.07) is 9.78. The van der Waals surface area contributed by atoms with Crippen LogP contribution < -0.4 is 5.32 Å². The summed E-state index contributed by atoms with van der Waals surface area (Å²) < 4.78 is 54.6. The number of allylic oxidation sites excluding steroid dienone is 1. The van der Waals surface area contributed by atoms with E-state index in [1.807, 2.05) is 0 Å². The van der Waals surface area contributed by atoms with Gasteiger partial charge in [0.2, 0.25) is 0 Å². The van der Waals surface area contributed by atoms with Gasteiger partial charge in [-0.15, -0.1) is 0 Å². The summed E-state index contributed by atoms with van der Waals surface area (Å²) in [5.74, 6) is -3.39. The Morgan fingerprint density at radius 1 is 1.09 bits per heavy atom. The normalized spacial score (nSPS) is 12.7. The van der Waals surface area contributed by atoms with Crippen LogP contribution in [0.1, 0.15) is 38.7 Å². The molecule has 1 unspecified atom stereocenters. The van der Waals surface area contributed by atoms with E-state index < -0.39 is 28.0 Å². The number of rotatable bonds is 6.